The van der Waals surface area contributed by atoms with E-state index in [2.05, 4.69) is 66.3 Å². The quantitative estimate of drug-likeness (QED) is 0.727. The zero-order valence-corrected chi connectivity index (χ0v) is 13.2. The SMILES string of the molecule is CC(C)CCOCCNC(C)c1ccc(Br)cc1. The van der Waals surface area contributed by atoms with E-state index in [0.717, 1.165) is 36.6 Å². The Hall–Kier alpha value is -0.380. The maximum absolute atomic E-state index is 5.58. The van der Waals surface area contributed by atoms with Gasteiger partial charge in [0.1, 0.15) is 0 Å². The average Bonchev–Trinajstić information content (AvgIpc) is 2.34. The fourth-order valence-corrected chi connectivity index (χ4v) is 1.90. The van der Waals surface area contributed by atoms with E-state index in [1.807, 2.05) is 0 Å². The Labute approximate surface area is 119 Å². The third kappa shape index (κ3) is 6.53. The van der Waals surface area contributed by atoms with E-state index in [9.17, 15) is 0 Å². The molecule has 0 saturated heterocycles. The molecule has 1 aromatic rings. The van der Waals surface area contributed by atoms with Gasteiger partial charge in [-0.2, -0.15) is 0 Å². The summed E-state index contributed by atoms with van der Waals surface area (Å²) in [6, 6.07) is 8.80. The lowest BCUT2D eigenvalue weighted by Crippen LogP contribution is -2.23. The molecular formula is C15H24BrNO. The lowest BCUT2D eigenvalue weighted by molar-refractivity contribution is 0.123. The molecule has 0 heterocycles. The van der Waals surface area contributed by atoms with Crippen LogP contribution in [-0.2, 0) is 4.74 Å². The molecule has 0 aliphatic carbocycles. The van der Waals surface area contributed by atoms with Crippen LogP contribution < -0.4 is 5.32 Å². The van der Waals surface area contributed by atoms with Gasteiger partial charge >= 0.3 is 0 Å². The van der Waals surface area contributed by atoms with Gasteiger partial charge in [0, 0.05) is 23.7 Å². The maximum Gasteiger partial charge on any atom is 0.0591 e. The predicted octanol–water partition coefficient (Wildman–Crippen LogP) is 4.16. The summed E-state index contributed by atoms with van der Waals surface area (Å²) < 4.78 is 6.70. The number of nitrogens with one attached hydrogen (secondary N) is 1. The van der Waals surface area contributed by atoms with Crippen molar-refractivity contribution >= 4 is 15.9 Å². The molecule has 3 heteroatoms. The summed E-state index contributed by atoms with van der Waals surface area (Å²) in [5, 5.41) is 3.47. The number of rotatable bonds is 8. The molecule has 1 unspecified atom stereocenters. The van der Waals surface area contributed by atoms with Crippen molar-refractivity contribution in [2.24, 2.45) is 5.92 Å². The standard InChI is InChI=1S/C15H24BrNO/c1-12(2)8-10-18-11-9-17-13(3)14-4-6-15(16)7-5-14/h4-7,12-13,17H,8-11H2,1-3H3. The van der Waals surface area contributed by atoms with Crippen molar-refractivity contribution in [2.45, 2.75) is 33.2 Å². The summed E-state index contributed by atoms with van der Waals surface area (Å²) in [5.74, 6) is 0.722. The number of ether oxygens (including phenoxy) is 1. The summed E-state index contributed by atoms with van der Waals surface area (Å²) in [6.45, 7) is 9.17. The van der Waals surface area contributed by atoms with Crippen LogP contribution >= 0.6 is 15.9 Å². The van der Waals surface area contributed by atoms with Gasteiger partial charge in [-0.15, -0.1) is 0 Å². The van der Waals surface area contributed by atoms with Crippen LogP contribution in [0.15, 0.2) is 28.7 Å². The molecule has 0 radical (unpaired) electrons. The Balaban J connectivity index is 2.13. The average molecular weight is 314 g/mol. The van der Waals surface area contributed by atoms with Crippen LogP contribution in [0.25, 0.3) is 0 Å². The molecule has 102 valence electrons. The molecule has 0 aromatic heterocycles. The minimum Gasteiger partial charge on any atom is -0.380 e. The van der Waals surface area contributed by atoms with Crippen molar-refractivity contribution in [3.63, 3.8) is 0 Å². The lowest BCUT2D eigenvalue weighted by Gasteiger charge is -2.14. The van der Waals surface area contributed by atoms with Crippen LogP contribution in [-0.4, -0.2) is 19.8 Å². The minimum atomic E-state index is 0.367. The van der Waals surface area contributed by atoms with Crippen molar-refractivity contribution in [3.05, 3.63) is 34.3 Å². The molecule has 0 fully saturated rings. The van der Waals surface area contributed by atoms with E-state index in [-0.39, 0.29) is 0 Å². The van der Waals surface area contributed by atoms with Gasteiger partial charge in [-0.3, -0.25) is 0 Å². The van der Waals surface area contributed by atoms with E-state index >= 15 is 0 Å². The van der Waals surface area contributed by atoms with E-state index in [4.69, 9.17) is 4.74 Å². The zero-order valence-electron chi connectivity index (χ0n) is 11.6. The van der Waals surface area contributed by atoms with Gasteiger partial charge in [-0.25, -0.2) is 0 Å². The highest BCUT2D eigenvalue weighted by Crippen LogP contribution is 2.16. The highest BCUT2D eigenvalue weighted by Gasteiger charge is 2.03. The topological polar surface area (TPSA) is 21.3 Å². The molecule has 0 bridgehead atoms. The fraction of sp³-hybridized carbons (Fsp3) is 0.600. The van der Waals surface area contributed by atoms with Gasteiger partial charge in [0.2, 0.25) is 0 Å². The Morgan fingerprint density at radius 3 is 2.39 bits per heavy atom. The van der Waals surface area contributed by atoms with Crippen LogP contribution in [0.4, 0.5) is 0 Å². The van der Waals surface area contributed by atoms with Crippen LogP contribution in [0.5, 0.6) is 0 Å². The predicted molar refractivity (Wildman–Crippen MR) is 80.8 cm³/mol. The van der Waals surface area contributed by atoms with Gasteiger partial charge in [0.15, 0.2) is 0 Å². The molecule has 1 aromatic carbocycles. The highest BCUT2D eigenvalue weighted by molar-refractivity contribution is 9.10. The molecule has 1 atom stereocenters. The Morgan fingerprint density at radius 2 is 1.78 bits per heavy atom. The molecule has 2 nitrogen and oxygen atoms in total. The monoisotopic (exact) mass is 313 g/mol. The van der Waals surface area contributed by atoms with Gasteiger partial charge in [-0.1, -0.05) is 41.9 Å². The van der Waals surface area contributed by atoms with Crippen LogP contribution in [0.1, 0.15) is 38.8 Å². The molecular weight excluding hydrogens is 290 g/mol. The maximum atomic E-state index is 5.58. The molecule has 0 aliphatic heterocycles. The third-order valence-corrected chi connectivity index (χ3v) is 3.44. The molecule has 1 N–H and O–H groups in total. The summed E-state index contributed by atoms with van der Waals surface area (Å²) >= 11 is 3.45. The zero-order chi connectivity index (χ0) is 13.4. The van der Waals surface area contributed by atoms with E-state index < -0.39 is 0 Å². The van der Waals surface area contributed by atoms with Gasteiger partial charge < -0.3 is 10.1 Å². The Morgan fingerprint density at radius 1 is 1.11 bits per heavy atom. The van der Waals surface area contributed by atoms with E-state index in [1.165, 1.54) is 5.56 Å². The fourth-order valence-electron chi connectivity index (χ4n) is 1.64. The number of hydrogen-bond acceptors (Lipinski definition) is 2. The van der Waals surface area contributed by atoms with E-state index in [1.54, 1.807) is 0 Å². The van der Waals surface area contributed by atoms with Crippen LogP contribution in [0, 0.1) is 5.92 Å². The molecule has 0 amide bonds. The second-order valence-electron chi connectivity index (χ2n) is 5.02. The van der Waals surface area contributed by atoms with Gasteiger partial charge in [0.05, 0.1) is 6.61 Å². The smallest absolute Gasteiger partial charge is 0.0591 e. The first-order valence-corrected chi connectivity index (χ1v) is 7.45. The van der Waals surface area contributed by atoms with Crippen molar-refractivity contribution in [1.82, 2.24) is 5.32 Å². The van der Waals surface area contributed by atoms with Crippen LogP contribution in [0.3, 0.4) is 0 Å². The summed E-state index contributed by atoms with van der Waals surface area (Å²) in [4.78, 5) is 0. The summed E-state index contributed by atoms with van der Waals surface area (Å²) in [7, 11) is 0. The molecule has 1 rings (SSSR count). The Bertz CT molecular complexity index is 324. The second-order valence-corrected chi connectivity index (χ2v) is 5.94. The van der Waals surface area contributed by atoms with Gasteiger partial charge in [0.25, 0.3) is 0 Å². The Kier molecular flexibility index (Phi) is 7.56. The first-order chi connectivity index (χ1) is 8.59. The van der Waals surface area contributed by atoms with Crippen LogP contribution in [0.2, 0.25) is 0 Å². The van der Waals surface area contributed by atoms with Crippen molar-refractivity contribution < 1.29 is 4.74 Å². The number of halogens is 1. The third-order valence-electron chi connectivity index (χ3n) is 2.91. The minimum absolute atomic E-state index is 0.367. The van der Waals surface area contributed by atoms with Gasteiger partial charge in [-0.05, 0) is 37.0 Å². The largest absolute Gasteiger partial charge is 0.380 e. The molecule has 0 spiro atoms. The number of benzene rings is 1. The lowest BCUT2D eigenvalue weighted by atomic mass is 10.1. The van der Waals surface area contributed by atoms with Crippen molar-refractivity contribution in [3.8, 4) is 0 Å². The van der Waals surface area contributed by atoms with E-state index in [0.29, 0.717) is 6.04 Å². The summed E-state index contributed by atoms with van der Waals surface area (Å²) in [6.07, 6.45) is 1.14. The second kappa shape index (κ2) is 8.68. The number of hydrogen-bond donors (Lipinski definition) is 1. The normalized spacial score (nSPS) is 12.9. The first-order valence-electron chi connectivity index (χ1n) is 6.66. The summed E-state index contributed by atoms with van der Waals surface area (Å²) in [5.41, 5.74) is 1.31. The van der Waals surface area contributed by atoms with Crippen molar-refractivity contribution in [2.75, 3.05) is 19.8 Å². The molecule has 0 aliphatic rings. The molecule has 18 heavy (non-hydrogen) atoms. The first kappa shape index (κ1) is 15.7. The molecule has 0 saturated carbocycles. The highest BCUT2D eigenvalue weighted by atomic mass is 79.9. The van der Waals surface area contributed by atoms with Crippen molar-refractivity contribution in [1.29, 1.82) is 0 Å².